The first-order valence-electron chi connectivity index (χ1n) is 3.08. The second kappa shape index (κ2) is 3.32. The van der Waals surface area contributed by atoms with E-state index in [9.17, 15) is 8.42 Å². The Hall–Kier alpha value is -0.130. The molecule has 0 unspecified atom stereocenters. The number of nitrogens with zero attached hydrogens (tertiary/aromatic N) is 1. The van der Waals surface area contributed by atoms with Crippen molar-refractivity contribution in [3.63, 3.8) is 0 Å². The van der Waals surface area contributed by atoms with Gasteiger partial charge in [0.1, 0.15) is 0 Å². The van der Waals surface area contributed by atoms with Crippen molar-refractivity contribution >= 4 is 10.2 Å². The molecule has 0 aromatic carbocycles. The van der Waals surface area contributed by atoms with Crippen molar-refractivity contribution in [2.24, 2.45) is 0 Å². The van der Waals surface area contributed by atoms with E-state index in [1.807, 2.05) is 13.8 Å². The maximum absolute atomic E-state index is 11.0. The summed E-state index contributed by atoms with van der Waals surface area (Å²) in [6, 6.07) is -0.00236. The third kappa shape index (κ3) is 2.24. The number of rotatable bonds is 3. The molecule has 0 bridgehead atoms. The molecular weight excluding hydrogens is 152 g/mol. The van der Waals surface area contributed by atoms with Crippen molar-refractivity contribution in [2.45, 2.75) is 19.9 Å². The molecule has 0 atom stereocenters. The minimum absolute atomic E-state index is 0.00236. The third-order valence-electron chi connectivity index (χ3n) is 1.36. The van der Waals surface area contributed by atoms with Gasteiger partial charge >= 0.3 is 0 Å². The van der Waals surface area contributed by atoms with Gasteiger partial charge in [0.25, 0.3) is 10.2 Å². The molecule has 10 heavy (non-hydrogen) atoms. The fraction of sp³-hybridized carbons (Fsp3) is 1.00. The molecule has 0 saturated carbocycles. The SMILES string of the molecule is CNS(=O)(=O)N(C)C(C)C. The summed E-state index contributed by atoms with van der Waals surface area (Å²) in [6.45, 7) is 3.63. The van der Waals surface area contributed by atoms with E-state index in [-0.39, 0.29) is 6.04 Å². The molecule has 0 aromatic heterocycles. The highest BCUT2D eigenvalue weighted by Crippen LogP contribution is 1.98. The van der Waals surface area contributed by atoms with Crippen molar-refractivity contribution in [3.8, 4) is 0 Å². The van der Waals surface area contributed by atoms with Crippen LogP contribution in [0.3, 0.4) is 0 Å². The van der Waals surface area contributed by atoms with E-state index in [4.69, 9.17) is 0 Å². The molecule has 0 amide bonds. The Labute approximate surface area is 62.4 Å². The molecule has 0 saturated heterocycles. The van der Waals surface area contributed by atoms with E-state index in [0.29, 0.717) is 0 Å². The zero-order chi connectivity index (χ0) is 8.36. The van der Waals surface area contributed by atoms with Crippen molar-refractivity contribution < 1.29 is 8.42 Å². The van der Waals surface area contributed by atoms with E-state index >= 15 is 0 Å². The summed E-state index contributed by atoms with van der Waals surface area (Å²) >= 11 is 0. The second-order valence-corrected chi connectivity index (χ2v) is 4.25. The van der Waals surface area contributed by atoms with Gasteiger partial charge < -0.3 is 0 Å². The van der Waals surface area contributed by atoms with E-state index in [0.717, 1.165) is 0 Å². The molecule has 0 spiro atoms. The highest BCUT2D eigenvalue weighted by atomic mass is 32.2. The van der Waals surface area contributed by atoms with Crippen LogP contribution in [0.2, 0.25) is 0 Å². The molecular formula is C5H14N2O2S. The molecule has 0 heterocycles. The number of hydrogen-bond acceptors (Lipinski definition) is 2. The molecule has 4 nitrogen and oxygen atoms in total. The van der Waals surface area contributed by atoms with E-state index in [2.05, 4.69) is 4.72 Å². The fourth-order valence-corrected chi connectivity index (χ4v) is 1.26. The van der Waals surface area contributed by atoms with Gasteiger partial charge in [-0.1, -0.05) is 0 Å². The summed E-state index contributed by atoms with van der Waals surface area (Å²) in [5, 5.41) is 0. The van der Waals surface area contributed by atoms with Crippen molar-refractivity contribution in [1.29, 1.82) is 0 Å². The summed E-state index contributed by atoms with van der Waals surface area (Å²) in [5.41, 5.74) is 0. The number of hydrogen-bond donors (Lipinski definition) is 1. The van der Waals surface area contributed by atoms with Gasteiger partial charge in [-0.3, -0.25) is 0 Å². The topological polar surface area (TPSA) is 49.4 Å². The third-order valence-corrected chi connectivity index (χ3v) is 3.06. The van der Waals surface area contributed by atoms with Crippen molar-refractivity contribution in [1.82, 2.24) is 9.03 Å². The largest absolute Gasteiger partial charge is 0.279 e. The molecule has 0 radical (unpaired) electrons. The molecule has 62 valence electrons. The Morgan fingerprint density at radius 3 is 1.90 bits per heavy atom. The lowest BCUT2D eigenvalue weighted by Crippen LogP contribution is -2.40. The van der Waals surface area contributed by atoms with Crippen LogP contribution in [0.1, 0.15) is 13.8 Å². The predicted molar refractivity (Wildman–Crippen MR) is 40.9 cm³/mol. The van der Waals surface area contributed by atoms with Crippen LogP contribution in [-0.4, -0.2) is 32.9 Å². The molecule has 5 heteroatoms. The van der Waals surface area contributed by atoms with E-state index in [1.165, 1.54) is 18.4 Å². The lowest BCUT2D eigenvalue weighted by atomic mass is 10.4. The normalized spacial score (nSPS) is 13.0. The average Bonchev–Trinajstić information content (AvgIpc) is 1.86. The van der Waals surface area contributed by atoms with Gasteiger partial charge in [-0.25, -0.2) is 4.72 Å². The highest BCUT2D eigenvalue weighted by Gasteiger charge is 2.16. The van der Waals surface area contributed by atoms with Gasteiger partial charge in [0.05, 0.1) is 0 Å². The van der Waals surface area contributed by atoms with Crippen molar-refractivity contribution in [3.05, 3.63) is 0 Å². The summed E-state index contributed by atoms with van der Waals surface area (Å²) in [6.07, 6.45) is 0. The maximum Gasteiger partial charge on any atom is 0.279 e. The van der Waals surface area contributed by atoms with E-state index in [1.54, 1.807) is 0 Å². The van der Waals surface area contributed by atoms with Crippen LogP contribution >= 0.6 is 0 Å². The zero-order valence-corrected chi connectivity index (χ0v) is 7.57. The molecule has 0 aromatic rings. The number of nitrogens with one attached hydrogen (secondary N) is 1. The zero-order valence-electron chi connectivity index (χ0n) is 6.75. The first-order chi connectivity index (χ1) is 4.41. The standard InChI is InChI=1S/C5H14N2O2S/c1-5(2)7(4)10(8,9)6-3/h5-6H,1-4H3. The van der Waals surface area contributed by atoms with Gasteiger partial charge in [-0.2, -0.15) is 12.7 Å². The van der Waals surface area contributed by atoms with Crippen LogP contribution in [0.5, 0.6) is 0 Å². The Balaban J connectivity index is 4.35. The van der Waals surface area contributed by atoms with Gasteiger partial charge in [-0.15, -0.1) is 0 Å². The molecule has 1 N–H and O–H groups in total. The van der Waals surface area contributed by atoms with Crippen LogP contribution in [0.4, 0.5) is 0 Å². The summed E-state index contributed by atoms with van der Waals surface area (Å²) in [5.74, 6) is 0. The Bertz CT molecular complexity index is 186. The van der Waals surface area contributed by atoms with Crippen LogP contribution in [0, 0.1) is 0 Å². The quantitative estimate of drug-likeness (QED) is 0.630. The average molecular weight is 166 g/mol. The van der Waals surface area contributed by atoms with Crippen LogP contribution in [-0.2, 0) is 10.2 Å². The van der Waals surface area contributed by atoms with Gasteiger partial charge in [0.15, 0.2) is 0 Å². The van der Waals surface area contributed by atoms with E-state index < -0.39 is 10.2 Å². The minimum Gasteiger partial charge on any atom is -0.205 e. The smallest absolute Gasteiger partial charge is 0.205 e. The van der Waals surface area contributed by atoms with Gasteiger partial charge in [0, 0.05) is 20.1 Å². The summed E-state index contributed by atoms with van der Waals surface area (Å²) in [4.78, 5) is 0. The Morgan fingerprint density at radius 2 is 1.80 bits per heavy atom. The minimum atomic E-state index is -3.21. The monoisotopic (exact) mass is 166 g/mol. The molecule has 0 aliphatic rings. The fourth-order valence-electron chi connectivity index (χ4n) is 0.422. The maximum atomic E-state index is 11.0. The van der Waals surface area contributed by atoms with Crippen LogP contribution < -0.4 is 4.72 Å². The van der Waals surface area contributed by atoms with Gasteiger partial charge in [0.2, 0.25) is 0 Å². The molecule has 0 fully saturated rings. The lowest BCUT2D eigenvalue weighted by Gasteiger charge is -2.19. The first kappa shape index (κ1) is 9.87. The predicted octanol–water partition coefficient (Wildman–Crippen LogP) is -0.209. The van der Waals surface area contributed by atoms with Gasteiger partial charge in [-0.05, 0) is 13.8 Å². The van der Waals surface area contributed by atoms with Crippen LogP contribution in [0.25, 0.3) is 0 Å². The Kier molecular flexibility index (Phi) is 3.27. The lowest BCUT2D eigenvalue weighted by molar-refractivity contribution is 0.405. The van der Waals surface area contributed by atoms with Crippen molar-refractivity contribution in [2.75, 3.05) is 14.1 Å². The summed E-state index contributed by atoms with van der Waals surface area (Å²) in [7, 11) is -0.279. The Morgan fingerprint density at radius 1 is 1.40 bits per heavy atom. The highest BCUT2D eigenvalue weighted by molar-refractivity contribution is 7.87. The second-order valence-electron chi connectivity index (χ2n) is 2.32. The first-order valence-corrected chi connectivity index (χ1v) is 4.52. The summed E-state index contributed by atoms with van der Waals surface area (Å²) < 4.78 is 25.4. The molecule has 0 aliphatic heterocycles. The molecule has 0 aliphatic carbocycles. The van der Waals surface area contributed by atoms with Crippen LogP contribution in [0.15, 0.2) is 0 Å². The molecule has 0 rings (SSSR count).